The molecule has 5 aliphatic rings. The Balaban J connectivity index is 1.69. The quantitative estimate of drug-likeness (QED) is 0.370. The van der Waals surface area contributed by atoms with Gasteiger partial charge in [0.25, 0.3) is 0 Å². The van der Waals surface area contributed by atoms with E-state index in [-0.39, 0.29) is 34.7 Å². The van der Waals surface area contributed by atoms with Crippen LogP contribution in [0.25, 0.3) is 0 Å². The molecule has 7 nitrogen and oxygen atoms in total. The normalized spacial score (nSPS) is 43.2. The highest BCUT2D eigenvalue weighted by Crippen LogP contribution is 2.63. The molecule has 4 bridgehead atoms. The Kier molecular flexibility index (Phi) is 4.25. The first-order chi connectivity index (χ1) is 12.7. The van der Waals surface area contributed by atoms with Crippen molar-refractivity contribution in [2.45, 2.75) is 57.5 Å². The van der Waals surface area contributed by atoms with Crippen molar-refractivity contribution in [2.75, 3.05) is 6.61 Å². The number of rotatable bonds is 4. The molecule has 148 valence electrons. The number of ether oxygens (including phenoxy) is 2. The molecule has 0 radical (unpaired) electrons. The predicted molar refractivity (Wildman–Crippen MR) is 93.1 cm³/mol. The van der Waals surface area contributed by atoms with E-state index in [1.807, 2.05) is 6.92 Å². The van der Waals surface area contributed by atoms with Gasteiger partial charge in [0.2, 0.25) is 0 Å². The lowest BCUT2D eigenvalue weighted by atomic mass is 9.62. The summed E-state index contributed by atoms with van der Waals surface area (Å²) in [6.45, 7) is 6.88. The second-order valence-electron chi connectivity index (χ2n) is 8.71. The third-order valence-corrected chi connectivity index (χ3v) is 7.18. The van der Waals surface area contributed by atoms with Crippen LogP contribution in [-0.4, -0.2) is 58.3 Å². The second kappa shape index (κ2) is 6.15. The summed E-state index contributed by atoms with van der Waals surface area (Å²) < 4.78 is 11.4. The van der Waals surface area contributed by atoms with Crippen molar-refractivity contribution in [2.24, 2.45) is 23.2 Å². The molecule has 1 heterocycles. The minimum absolute atomic E-state index is 0.0908. The number of aliphatic hydroxyl groups excluding tert-OH is 3. The molecule has 4 aliphatic carbocycles. The third kappa shape index (κ3) is 2.59. The van der Waals surface area contributed by atoms with Crippen molar-refractivity contribution in [1.82, 2.24) is 0 Å². The van der Waals surface area contributed by atoms with Gasteiger partial charge in [-0.25, -0.2) is 4.79 Å². The van der Waals surface area contributed by atoms with Gasteiger partial charge in [-0.15, -0.1) is 0 Å². The van der Waals surface area contributed by atoms with Gasteiger partial charge >= 0.3 is 11.9 Å². The first-order valence-corrected chi connectivity index (χ1v) is 9.45. The summed E-state index contributed by atoms with van der Waals surface area (Å²) in [7, 11) is 0. The molecule has 3 saturated carbocycles. The van der Waals surface area contributed by atoms with E-state index in [0.29, 0.717) is 19.3 Å². The number of aliphatic hydroxyl groups is 3. The van der Waals surface area contributed by atoms with Crippen molar-refractivity contribution >= 4 is 11.9 Å². The summed E-state index contributed by atoms with van der Waals surface area (Å²) in [6.07, 6.45) is -1.11. The zero-order valence-corrected chi connectivity index (χ0v) is 15.6. The highest BCUT2D eigenvalue weighted by Gasteiger charge is 2.65. The van der Waals surface area contributed by atoms with Crippen LogP contribution in [0.2, 0.25) is 0 Å². The van der Waals surface area contributed by atoms with E-state index in [0.717, 1.165) is 11.1 Å². The monoisotopic (exact) mass is 378 g/mol. The van der Waals surface area contributed by atoms with Crippen molar-refractivity contribution < 1.29 is 34.4 Å². The Bertz CT molecular complexity index is 741. The molecule has 27 heavy (non-hydrogen) atoms. The number of carbonyl (C=O) groups excluding carboxylic acids is 2. The van der Waals surface area contributed by atoms with E-state index in [2.05, 4.69) is 13.5 Å². The first kappa shape index (κ1) is 18.7. The minimum Gasteiger partial charge on any atom is -0.458 e. The smallest absolute Gasteiger partial charge is 0.336 e. The zero-order valence-electron chi connectivity index (χ0n) is 15.6. The van der Waals surface area contributed by atoms with E-state index < -0.39 is 37.0 Å². The molecule has 5 rings (SSSR count). The van der Waals surface area contributed by atoms with Crippen molar-refractivity contribution in [3.8, 4) is 0 Å². The number of esters is 2. The summed E-state index contributed by atoms with van der Waals surface area (Å²) in [5, 5.41) is 29.1. The molecule has 8 atom stereocenters. The highest BCUT2D eigenvalue weighted by molar-refractivity contribution is 5.89. The van der Waals surface area contributed by atoms with Crippen molar-refractivity contribution in [3.63, 3.8) is 0 Å². The number of hydrogen-bond donors (Lipinski definition) is 3. The standard InChI is InChI=1S/C20H26O7/c1-8-12(22)4-11-15(8)17-16-10(19(25)27-17)5-20(11,3)6-14(16)26-18(24)9(2)13(23)7-21/h10-14,16-17,21-23H,2,4-7H2,1,3H3/t10-,11-,12?,13?,14-,16-,17+,20+/m1/s1. The molecule has 7 heteroatoms. The van der Waals surface area contributed by atoms with Gasteiger partial charge in [-0.3, -0.25) is 4.79 Å². The van der Waals surface area contributed by atoms with Crippen LogP contribution >= 0.6 is 0 Å². The summed E-state index contributed by atoms with van der Waals surface area (Å²) in [6, 6.07) is 0. The molecule has 0 aromatic carbocycles. The maximum Gasteiger partial charge on any atom is 0.336 e. The predicted octanol–water partition coefficient (Wildman–Crippen LogP) is 0.476. The van der Waals surface area contributed by atoms with Gasteiger partial charge in [-0.2, -0.15) is 0 Å². The largest absolute Gasteiger partial charge is 0.458 e. The number of carbonyl (C=O) groups is 2. The van der Waals surface area contributed by atoms with Crippen LogP contribution in [0.4, 0.5) is 0 Å². The van der Waals surface area contributed by atoms with Crippen LogP contribution in [0, 0.1) is 23.2 Å². The van der Waals surface area contributed by atoms with Crippen LogP contribution in [-0.2, 0) is 19.1 Å². The molecule has 3 N–H and O–H groups in total. The summed E-state index contributed by atoms with van der Waals surface area (Å²) in [5.74, 6) is -1.58. The molecular formula is C20H26O7. The summed E-state index contributed by atoms with van der Waals surface area (Å²) >= 11 is 0. The molecule has 0 aromatic heterocycles. The molecule has 1 saturated heterocycles. The van der Waals surface area contributed by atoms with Gasteiger partial charge in [0.1, 0.15) is 18.3 Å². The third-order valence-electron chi connectivity index (χ3n) is 7.18. The molecule has 0 spiro atoms. The second-order valence-corrected chi connectivity index (χ2v) is 8.71. The molecular weight excluding hydrogens is 352 g/mol. The highest BCUT2D eigenvalue weighted by atomic mass is 16.6. The maximum absolute atomic E-state index is 12.5. The summed E-state index contributed by atoms with van der Waals surface area (Å²) in [5.41, 5.74) is 1.37. The molecule has 0 aromatic rings. The van der Waals surface area contributed by atoms with Crippen LogP contribution in [0.5, 0.6) is 0 Å². The molecule has 0 amide bonds. The van der Waals surface area contributed by atoms with Gasteiger partial charge in [-0.05, 0) is 48.7 Å². The molecule has 4 fully saturated rings. The van der Waals surface area contributed by atoms with Crippen LogP contribution < -0.4 is 0 Å². The average molecular weight is 378 g/mol. The summed E-state index contributed by atoms with van der Waals surface area (Å²) in [4.78, 5) is 24.9. The number of hydrogen-bond acceptors (Lipinski definition) is 7. The lowest BCUT2D eigenvalue weighted by molar-refractivity contribution is -0.157. The van der Waals surface area contributed by atoms with E-state index in [9.17, 15) is 19.8 Å². The van der Waals surface area contributed by atoms with E-state index >= 15 is 0 Å². The fourth-order valence-corrected chi connectivity index (χ4v) is 5.73. The van der Waals surface area contributed by atoms with Gasteiger partial charge in [0.05, 0.1) is 30.1 Å². The SMILES string of the molecule is C=C(C(=O)O[C@@H]1C[C@]2(C)C[C@H]3C(=O)O[C@@H](C4=C(C)C(O)C[C@H]42)[C@@H]13)C(O)CO. The Morgan fingerprint density at radius 2 is 2.15 bits per heavy atom. The zero-order chi connectivity index (χ0) is 19.7. The van der Waals surface area contributed by atoms with Crippen molar-refractivity contribution in [3.05, 3.63) is 23.3 Å². The number of fused-ring (bicyclic) bond motifs is 1. The van der Waals surface area contributed by atoms with Crippen LogP contribution in [0.3, 0.4) is 0 Å². The van der Waals surface area contributed by atoms with Gasteiger partial charge in [0.15, 0.2) is 0 Å². The van der Waals surface area contributed by atoms with Crippen molar-refractivity contribution in [1.29, 1.82) is 0 Å². The van der Waals surface area contributed by atoms with Crippen LogP contribution in [0.1, 0.15) is 33.1 Å². The maximum atomic E-state index is 12.5. The van der Waals surface area contributed by atoms with E-state index in [4.69, 9.17) is 14.6 Å². The Hall–Kier alpha value is -1.70. The Labute approximate surface area is 157 Å². The van der Waals surface area contributed by atoms with Gasteiger partial charge < -0.3 is 24.8 Å². The lowest BCUT2D eigenvalue weighted by Crippen LogP contribution is -2.45. The topological polar surface area (TPSA) is 113 Å². The van der Waals surface area contributed by atoms with Crippen LogP contribution in [0.15, 0.2) is 23.3 Å². The Morgan fingerprint density at radius 3 is 2.81 bits per heavy atom. The lowest BCUT2D eigenvalue weighted by Gasteiger charge is -2.43. The van der Waals surface area contributed by atoms with Gasteiger partial charge in [-0.1, -0.05) is 13.5 Å². The van der Waals surface area contributed by atoms with E-state index in [1.165, 1.54) is 0 Å². The minimum atomic E-state index is -1.37. The molecule has 1 aliphatic heterocycles. The fraction of sp³-hybridized carbons (Fsp3) is 0.700. The van der Waals surface area contributed by atoms with E-state index in [1.54, 1.807) is 0 Å². The van der Waals surface area contributed by atoms with Gasteiger partial charge in [0, 0.05) is 0 Å². The fourth-order valence-electron chi connectivity index (χ4n) is 5.73. The first-order valence-electron chi connectivity index (χ1n) is 9.45. The average Bonchev–Trinajstić information content (AvgIpc) is 3.04. The Morgan fingerprint density at radius 1 is 1.44 bits per heavy atom. The molecule has 2 unspecified atom stereocenters.